The van der Waals surface area contributed by atoms with Crippen LogP contribution in [-0.4, -0.2) is 18.3 Å². The van der Waals surface area contributed by atoms with E-state index in [-0.39, 0.29) is 6.61 Å². The van der Waals surface area contributed by atoms with Crippen LogP contribution in [0.2, 0.25) is 0 Å². The van der Waals surface area contributed by atoms with Crippen LogP contribution in [0.3, 0.4) is 0 Å². The van der Waals surface area contributed by atoms with Crippen molar-refractivity contribution in [1.82, 2.24) is 0 Å². The monoisotopic (exact) mass is 388 g/mol. The second-order valence-electron chi connectivity index (χ2n) is 6.49. The minimum absolute atomic E-state index is 0.0153. The Bertz CT molecular complexity index is 939. The van der Waals surface area contributed by atoms with E-state index in [2.05, 4.69) is 68.6 Å². The fourth-order valence-corrected chi connectivity index (χ4v) is 3.57. The van der Waals surface area contributed by atoms with E-state index < -0.39 is 0 Å². The SMILES string of the molecule is C=C(SC(=C)c1ccc(-c2ccc(OCCO)cc2)cc1)c1ccc(C)cc1. The molecule has 1 N–H and O–H groups in total. The molecule has 2 nitrogen and oxygen atoms in total. The molecule has 0 bridgehead atoms. The molecule has 0 aliphatic heterocycles. The summed E-state index contributed by atoms with van der Waals surface area (Å²) in [7, 11) is 0. The van der Waals surface area contributed by atoms with E-state index >= 15 is 0 Å². The van der Waals surface area contributed by atoms with E-state index in [0.29, 0.717) is 6.61 Å². The van der Waals surface area contributed by atoms with E-state index in [9.17, 15) is 0 Å². The number of aryl methyl sites for hydroxylation is 1. The second-order valence-corrected chi connectivity index (χ2v) is 7.68. The van der Waals surface area contributed by atoms with Crippen molar-refractivity contribution in [3.63, 3.8) is 0 Å². The number of hydrogen-bond acceptors (Lipinski definition) is 3. The van der Waals surface area contributed by atoms with Gasteiger partial charge >= 0.3 is 0 Å². The van der Waals surface area contributed by atoms with Gasteiger partial charge in [0, 0.05) is 9.81 Å². The van der Waals surface area contributed by atoms with E-state index in [1.165, 1.54) is 5.56 Å². The Balaban J connectivity index is 1.65. The van der Waals surface area contributed by atoms with Crippen LogP contribution in [-0.2, 0) is 0 Å². The predicted octanol–water partition coefficient (Wildman–Crippen LogP) is 6.41. The van der Waals surface area contributed by atoms with Crippen LogP contribution < -0.4 is 4.74 Å². The normalized spacial score (nSPS) is 10.5. The number of hydrogen-bond donors (Lipinski definition) is 1. The van der Waals surface area contributed by atoms with Crippen molar-refractivity contribution in [1.29, 1.82) is 0 Å². The number of rotatable bonds is 8. The summed E-state index contributed by atoms with van der Waals surface area (Å²) in [6, 6.07) is 24.6. The highest BCUT2D eigenvalue weighted by Gasteiger charge is 2.06. The van der Waals surface area contributed by atoms with Gasteiger partial charge in [0.05, 0.1) is 6.61 Å². The van der Waals surface area contributed by atoms with E-state index in [1.54, 1.807) is 11.8 Å². The Labute approximate surface area is 171 Å². The highest BCUT2D eigenvalue weighted by atomic mass is 32.2. The zero-order valence-electron chi connectivity index (χ0n) is 16.0. The first-order valence-electron chi connectivity index (χ1n) is 9.14. The molecule has 0 atom stereocenters. The van der Waals surface area contributed by atoms with Crippen LogP contribution >= 0.6 is 11.8 Å². The summed E-state index contributed by atoms with van der Waals surface area (Å²) in [5.74, 6) is 0.758. The molecule has 0 aliphatic carbocycles. The predicted molar refractivity (Wildman–Crippen MR) is 121 cm³/mol. The van der Waals surface area contributed by atoms with Crippen LogP contribution in [0, 0.1) is 6.92 Å². The van der Waals surface area contributed by atoms with Crippen molar-refractivity contribution in [3.05, 3.63) is 103 Å². The lowest BCUT2D eigenvalue weighted by Gasteiger charge is -2.10. The molecule has 3 rings (SSSR count). The third-order valence-corrected chi connectivity index (χ3v) is 5.34. The van der Waals surface area contributed by atoms with Crippen molar-refractivity contribution in [3.8, 4) is 16.9 Å². The molecule has 0 aliphatic rings. The molecule has 0 radical (unpaired) electrons. The summed E-state index contributed by atoms with van der Waals surface area (Å²) in [5.41, 5.74) is 5.70. The van der Waals surface area contributed by atoms with Gasteiger partial charge in [-0.25, -0.2) is 0 Å². The molecule has 0 unspecified atom stereocenters. The summed E-state index contributed by atoms with van der Waals surface area (Å²) in [6.07, 6.45) is 0. The molecule has 28 heavy (non-hydrogen) atoms. The fourth-order valence-electron chi connectivity index (χ4n) is 2.76. The van der Waals surface area contributed by atoms with Gasteiger partial charge in [0.25, 0.3) is 0 Å². The number of aliphatic hydroxyl groups excluding tert-OH is 1. The van der Waals surface area contributed by atoms with Crippen molar-refractivity contribution >= 4 is 21.6 Å². The Morgan fingerprint density at radius 2 is 1.25 bits per heavy atom. The summed E-state index contributed by atoms with van der Waals surface area (Å²) in [6.45, 7) is 10.8. The van der Waals surface area contributed by atoms with Gasteiger partial charge in [-0.05, 0) is 41.3 Å². The highest BCUT2D eigenvalue weighted by molar-refractivity contribution is 8.16. The van der Waals surface area contributed by atoms with Crippen molar-refractivity contribution < 1.29 is 9.84 Å². The van der Waals surface area contributed by atoms with Gasteiger partial charge in [0.2, 0.25) is 0 Å². The molecule has 0 heterocycles. The smallest absolute Gasteiger partial charge is 0.119 e. The maximum absolute atomic E-state index is 8.82. The third kappa shape index (κ3) is 5.16. The molecule has 3 aromatic carbocycles. The molecular weight excluding hydrogens is 364 g/mol. The average molecular weight is 389 g/mol. The van der Waals surface area contributed by atoms with Gasteiger partial charge < -0.3 is 9.84 Å². The van der Waals surface area contributed by atoms with Gasteiger partial charge in [-0.3, -0.25) is 0 Å². The van der Waals surface area contributed by atoms with Gasteiger partial charge in [0.15, 0.2) is 0 Å². The van der Waals surface area contributed by atoms with Crippen LogP contribution in [0.25, 0.3) is 20.9 Å². The highest BCUT2D eigenvalue weighted by Crippen LogP contribution is 2.37. The van der Waals surface area contributed by atoms with Gasteiger partial charge in [-0.15, -0.1) is 0 Å². The van der Waals surface area contributed by atoms with Gasteiger partial charge in [-0.1, -0.05) is 91.1 Å². The van der Waals surface area contributed by atoms with E-state index in [4.69, 9.17) is 9.84 Å². The number of thioether (sulfide) groups is 1. The zero-order valence-corrected chi connectivity index (χ0v) is 16.8. The molecule has 0 saturated carbocycles. The first kappa shape index (κ1) is 20.0. The average Bonchev–Trinajstić information content (AvgIpc) is 2.73. The van der Waals surface area contributed by atoms with Crippen molar-refractivity contribution in [2.75, 3.05) is 13.2 Å². The van der Waals surface area contributed by atoms with Gasteiger partial charge in [-0.2, -0.15) is 0 Å². The lowest BCUT2D eigenvalue weighted by molar-refractivity contribution is 0.201. The Morgan fingerprint density at radius 1 is 0.786 bits per heavy atom. The number of ether oxygens (including phenoxy) is 1. The minimum Gasteiger partial charge on any atom is -0.491 e. The molecular formula is C25H24O2S. The lowest BCUT2D eigenvalue weighted by Crippen LogP contribution is -2.01. The fraction of sp³-hybridized carbons (Fsp3) is 0.120. The zero-order chi connectivity index (χ0) is 19.9. The second kappa shape index (κ2) is 9.45. The quantitative estimate of drug-likeness (QED) is 0.484. The van der Waals surface area contributed by atoms with Crippen molar-refractivity contribution in [2.24, 2.45) is 0 Å². The molecule has 0 amide bonds. The molecule has 0 fully saturated rings. The Morgan fingerprint density at radius 3 is 1.75 bits per heavy atom. The maximum atomic E-state index is 8.82. The topological polar surface area (TPSA) is 29.5 Å². The number of aliphatic hydroxyl groups is 1. The minimum atomic E-state index is 0.0153. The molecule has 3 heteroatoms. The summed E-state index contributed by atoms with van der Waals surface area (Å²) in [5, 5.41) is 8.82. The Kier molecular flexibility index (Phi) is 6.75. The largest absolute Gasteiger partial charge is 0.491 e. The first-order valence-corrected chi connectivity index (χ1v) is 9.95. The lowest BCUT2D eigenvalue weighted by atomic mass is 10.0. The maximum Gasteiger partial charge on any atom is 0.119 e. The van der Waals surface area contributed by atoms with Crippen LogP contribution in [0.4, 0.5) is 0 Å². The molecule has 3 aromatic rings. The van der Waals surface area contributed by atoms with Gasteiger partial charge in [0.1, 0.15) is 12.4 Å². The summed E-state index contributed by atoms with van der Waals surface area (Å²) in [4.78, 5) is 1.97. The first-order chi connectivity index (χ1) is 13.6. The number of benzene rings is 3. The van der Waals surface area contributed by atoms with Crippen LogP contribution in [0.5, 0.6) is 5.75 Å². The molecule has 0 saturated heterocycles. The van der Waals surface area contributed by atoms with Crippen LogP contribution in [0.1, 0.15) is 16.7 Å². The standard InChI is InChI=1S/C25H24O2S/c1-18-4-6-21(7-5-18)19(2)28-20(3)22-8-10-23(11-9-22)24-12-14-25(15-13-24)27-17-16-26/h4-15,26H,2-3,16-17H2,1H3. The third-order valence-electron chi connectivity index (χ3n) is 4.37. The van der Waals surface area contributed by atoms with Crippen molar-refractivity contribution in [2.45, 2.75) is 6.92 Å². The molecule has 142 valence electrons. The molecule has 0 spiro atoms. The summed E-state index contributed by atoms with van der Waals surface area (Å²) < 4.78 is 5.40. The Hall–Kier alpha value is -2.75. The van der Waals surface area contributed by atoms with E-state index in [1.807, 2.05) is 24.3 Å². The molecule has 0 aromatic heterocycles. The summed E-state index contributed by atoms with van der Waals surface area (Å²) >= 11 is 1.60. The van der Waals surface area contributed by atoms with Crippen LogP contribution in [0.15, 0.2) is 86.0 Å². The van der Waals surface area contributed by atoms with E-state index in [0.717, 1.165) is 37.8 Å².